The first kappa shape index (κ1) is 13.8. The van der Waals surface area contributed by atoms with Gasteiger partial charge in [-0.15, -0.1) is 0 Å². The fourth-order valence-electron chi connectivity index (χ4n) is 1.32. The van der Waals surface area contributed by atoms with E-state index in [0.29, 0.717) is 16.9 Å². The molecule has 2 nitrogen and oxygen atoms in total. The van der Waals surface area contributed by atoms with Gasteiger partial charge in [0.15, 0.2) is 0 Å². The fraction of sp³-hybridized carbons (Fsp3) is 0.583. The number of hydrogen-bond acceptors (Lipinski definition) is 2. The molecule has 0 aliphatic rings. The Morgan fingerprint density at radius 1 is 1.31 bits per heavy atom. The van der Waals surface area contributed by atoms with Crippen LogP contribution in [0.25, 0.3) is 0 Å². The molecular weight excluding hydrogens is 245 g/mol. The predicted molar refractivity (Wildman–Crippen MR) is 68.0 cm³/mol. The van der Waals surface area contributed by atoms with Crippen molar-refractivity contribution in [3.8, 4) is 0 Å². The third kappa shape index (κ3) is 5.15. The summed E-state index contributed by atoms with van der Waals surface area (Å²) in [6, 6.07) is 3.57. The summed E-state index contributed by atoms with van der Waals surface area (Å²) in [5.41, 5.74) is 0.885. The van der Waals surface area contributed by atoms with Gasteiger partial charge in [0, 0.05) is 12.2 Å². The van der Waals surface area contributed by atoms with Crippen molar-refractivity contribution in [3.63, 3.8) is 0 Å². The van der Waals surface area contributed by atoms with Crippen LogP contribution in [0.5, 0.6) is 0 Å². The summed E-state index contributed by atoms with van der Waals surface area (Å²) in [6.07, 6.45) is 2.27. The Labute approximate surface area is 107 Å². The summed E-state index contributed by atoms with van der Waals surface area (Å²) in [5.74, 6) is 0.726. The standard InChI is InChI=1S/C12H17Cl2NO/c1-9(2)4-3-7-16-8-10-5-6-11(13)15-12(10)14/h5-6,9H,3-4,7-8H2,1-2H3. The number of halogens is 2. The molecule has 0 atom stereocenters. The van der Waals surface area contributed by atoms with Gasteiger partial charge in [-0.3, -0.25) is 0 Å². The lowest BCUT2D eigenvalue weighted by molar-refractivity contribution is 0.114. The molecule has 16 heavy (non-hydrogen) atoms. The molecule has 1 heterocycles. The van der Waals surface area contributed by atoms with E-state index in [1.54, 1.807) is 6.07 Å². The van der Waals surface area contributed by atoms with Gasteiger partial charge in [0.25, 0.3) is 0 Å². The second-order valence-electron chi connectivity index (χ2n) is 4.17. The van der Waals surface area contributed by atoms with Crippen molar-refractivity contribution in [2.75, 3.05) is 6.61 Å². The Bertz CT molecular complexity index is 329. The molecule has 0 aromatic carbocycles. The number of nitrogens with zero attached hydrogens (tertiary/aromatic N) is 1. The van der Waals surface area contributed by atoms with Gasteiger partial charge in [-0.25, -0.2) is 4.98 Å². The molecule has 1 aromatic rings. The Balaban J connectivity index is 2.27. The molecule has 0 spiro atoms. The lowest BCUT2D eigenvalue weighted by Gasteiger charge is -2.07. The molecule has 1 rings (SSSR count). The van der Waals surface area contributed by atoms with E-state index < -0.39 is 0 Å². The highest BCUT2D eigenvalue weighted by Crippen LogP contribution is 2.17. The Hall–Kier alpha value is -0.310. The van der Waals surface area contributed by atoms with Gasteiger partial charge in [-0.05, 0) is 24.8 Å². The normalized spacial score (nSPS) is 11.1. The molecule has 4 heteroatoms. The van der Waals surface area contributed by atoms with Crippen LogP contribution in [0.2, 0.25) is 10.3 Å². The lowest BCUT2D eigenvalue weighted by atomic mass is 10.1. The maximum atomic E-state index is 5.92. The van der Waals surface area contributed by atoms with Crippen LogP contribution >= 0.6 is 23.2 Å². The SMILES string of the molecule is CC(C)CCCOCc1ccc(Cl)nc1Cl. The minimum Gasteiger partial charge on any atom is -0.377 e. The van der Waals surface area contributed by atoms with E-state index in [9.17, 15) is 0 Å². The van der Waals surface area contributed by atoms with E-state index >= 15 is 0 Å². The van der Waals surface area contributed by atoms with Crippen molar-refractivity contribution in [1.82, 2.24) is 4.98 Å². The van der Waals surface area contributed by atoms with Crippen LogP contribution in [0.15, 0.2) is 12.1 Å². The molecule has 0 amide bonds. The monoisotopic (exact) mass is 261 g/mol. The van der Waals surface area contributed by atoms with E-state index in [0.717, 1.165) is 24.5 Å². The number of hydrogen-bond donors (Lipinski definition) is 0. The first-order valence-corrected chi connectivity index (χ1v) is 6.24. The molecule has 0 aliphatic heterocycles. The summed E-state index contributed by atoms with van der Waals surface area (Å²) in [6.45, 7) is 5.68. The molecular formula is C12H17Cl2NO. The zero-order chi connectivity index (χ0) is 12.0. The molecule has 0 bridgehead atoms. The Kier molecular flexibility index (Phi) is 6.10. The number of ether oxygens (including phenoxy) is 1. The van der Waals surface area contributed by atoms with Crippen LogP contribution < -0.4 is 0 Å². The number of aromatic nitrogens is 1. The van der Waals surface area contributed by atoms with Crippen molar-refractivity contribution in [1.29, 1.82) is 0 Å². The summed E-state index contributed by atoms with van der Waals surface area (Å²) in [4.78, 5) is 3.95. The summed E-state index contributed by atoms with van der Waals surface area (Å²) < 4.78 is 5.52. The van der Waals surface area contributed by atoms with E-state index in [1.807, 2.05) is 6.07 Å². The van der Waals surface area contributed by atoms with Crippen molar-refractivity contribution in [2.24, 2.45) is 5.92 Å². The quantitative estimate of drug-likeness (QED) is 0.562. The van der Waals surface area contributed by atoms with Crippen molar-refractivity contribution < 1.29 is 4.74 Å². The van der Waals surface area contributed by atoms with E-state index in [-0.39, 0.29) is 0 Å². The van der Waals surface area contributed by atoms with Gasteiger partial charge < -0.3 is 4.74 Å². The van der Waals surface area contributed by atoms with Gasteiger partial charge in [0.2, 0.25) is 0 Å². The molecule has 0 aliphatic carbocycles. The highest BCUT2D eigenvalue weighted by molar-refractivity contribution is 6.32. The van der Waals surface area contributed by atoms with Crippen LogP contribution in [0.1, 0.15) is 32.3 Å². The third-order valence-corrected chi connectivity index (χ3v) is 2.76. The molecule has 0 fully saturated rings. The van der Waals surface area contributed by atoms with E-state index in [4.69, 9.17) is 27.9 Å². The summed E-state index contributed by atoms with van der Waals surface area (Å²) in [5, 5.41) is 0.838. The van der Waals surface area contributed by atoms with Gasteiger partial charge in [-0.1, -0.05) is 43.1 Å². The number of rotatable bonds is 6. The second kappa shape index (κ2) is 7.10. The maximum absolute atomic E-state index is 5.92. The van der Waals surface area contributed by atoms with Crippen molar-refractivity contribution in [3.05, 3.63) is 28.0 Å². The van der Waals surface area contributed by atoms with Gasteiger partial charge >= 0.3 is 0 Å². The van der Waals surface area contributed by atoms with Gasteiger partial charge in [0.05, 0.1) is 6.61 Å². The molecule has 0 radical (unpaired) electrons. The average Bonchev–Trinajstić information content (AvgIpc) is 2.20. The fourth-order valence-corrected chi connectivity index (χ4v) is 1.72. The zero-order valence-corrected chi connectivity index (χ0v) is 11.2. The highest BCUT2D eigenvalue weighted by atomic mass is 35.5. The predicted octanol–water partition coefficient (Wildman–Crippen LogP) is 4.34. The van der Waals surface area contributed by atoms with Gasteiger partial charge in [-0.2, -0.15) is 0 Å². The Morgan fingerprint density at radius 2 is 2.06 bits per heavy atom. The van der Waals surface area contributed by atoms with Crippen LogP contribution in [0.4, 0.5) is 0 Å². The third-order valence-electron chi connectivity index (χ3n) is 2.22. The van der Waals surface area contributed by atoms with Crippen LogP contribution in [-0.2, 0) is 11.3 Å². The van der Waals surface area contributed by atoms with Crippen LogP contribution in [0, 0.1) is 5.92 Å². The molecule has 0 saturated heterocycles. The smallest absolute Gasteiger partial charge is 0.136 e. The van der Waals surface area contributed by atoms with Crippen molar-refractivity contribution >= 4 is 23.2 Å². The van der Waals surface area contributed by atoms with E-state index in [1.165, 1.54) is 6.42 Å². The molecule has 1 aromatic heterocycles. The number of pyridine rings is 1. The minimum absolute atomic E-state index is 0.411. The first-order chi connectivity index (χ1) is 7.59. The average molecular weight is 262 g/mol. The second-order valence-corrected chi connectivity index (χ2v) is 4.92. The highest BCUT2D eigenvalue weighted by Gasteiger charge is 2.02. The topological polar surface area (TPSA) is 22.1 Å². The Morgan fingerprint density at radius 3 is 2.69 bits per heavy atom. The zero-order valence-electron chi connectivity index (χ0n) is 9.67. The van der Waals surface area contributed by atoms with E-state index in [2.05, 4.69) is 18.8 Å². The molecule has 0 unspecified atom stereocenters. The molecule has 90 valence electrons. The largest absolute Gasteiger partial charge is 0.377 e. The van der Waals surface area contributed by atoms with Gasteiger partial charge in [0.1, 0.15) is 10.3 Å². The lowest BCUT2D eigenvalue weighted by Crippen LogP contribution is -1.99. The van der Waals surface area contributed by atoms with Crippen molar-refractivity contribution in [2.45, 2.75) is 33.3 Å². The molecule has 0 N–H and O–H groups in total. The maximum Gasteiger partial charge on any atom is 0.136 e. The van der Waals surface area contributed by atoms with Crippen LogP contribution in [0.3, 0.4) is 0 Å². The summed E-state index contributed by atoms with van der Waals surface area (Å²) >= 11 is 11.6. The minimum atomic E-state index is 0.411. The van der Waals surface area contributed by atoms with Crippen LogP contribution in [-0.4, -0.2) is 11.6 Å². The molecule has 0 saturated carbocycles. The first-order valence-electron chi connectivity index (χ1n) is 5.48. The summed E-state index contributed by atoms with van der Waals surface area (Å²) in [7, 11) is 0.